The van der Waals surface area contributed by atoms with Crippen LogP contribution in [0.25, 0.3) is 0 Å². The van der Waals surface area contributed by atoms with Gasteiger partial charge in [0.1, 0.15) is 5.75 Å². The Hall–Kier alpha value is -2.18. The molecule has 0 unspecified atom stereocenters. The molecule has 0 aliphatic carbocycles. The first-order valence-electron chi connectivity index (χ1n) is 8.87. The molecule has 0 atom stereocenters. The number of nitrogens with one attached hydrogen (secondary N) is 3. The highest BCUT2D eigenvalue weighted by molar-refractivity contribution is 7.80. The zero-order chi connectivity index (χ0) is 21.3. The molecule has 0 spiro atoms. The number of morpholine rings is 1. The number of ether oxygens (including phenoxy) is 2. The van der Waals surface area contributed by atoms with Crippen molar-refractivity contribution in [3.8, 4) is 5.75 Å². The number of hydrazine groups is 1. The quantitative estimate of drug-likeness (QED) is 0.247. The Balaban J connectivity index is 1.71. The van der Waals surface area contributed by atoms with Crippen molar-refractivity contribution >= 4 is 23.2 Å². The van der Waals surface area contributed by atoms with E-state index in [-0.39, 0.29) is 10.7 Å². The number of amides is 1. The van der Waals surface area contributed by atoms with Crippen LogP contribution in [0.5, 0.6) is 5.75 Å². The number of rotatable bonds is 8. The number of thiocarbonyl (C=S) groups is 1. The summed E-state index contributed by atoms with van der Waals surface area (Å²) < 4.78 is 59.6. The van der Waals surface area contributed by atoms with Gasteiger partial charge in [-0.3, -0.25) is 20.5 Å². The summed E-state index contributed by atoms with van der Waals surface area (Å²) in [6.07, 6.45) is -7.80. The molecular formula is C17H22F4N4O3S. The molecule has 1 aromatic carbocycles. The van der Waals surface area contributed by atoms with E-state index in [9.17, 15) is 22.4 Å². The monoisotopic (exact) mass is 438 g/mol. The Morgan fingerprint density at radius 3 is 2.69 bits per heavy atom. The number of carbonyl (C=O) groups is 1. The molecule has 1 saturated heterocycles. The predicted molar refractivity (Wildman–Crippen MR) is 101 cm³/mol. The Morgan fingerprint density at radius 1 is 1.28 bits per heavy atom. The number of alkyl halides is 4. The molecule has 0 saturated carbocycles. The molecule has 3 N–H and O–H groups in total. The van der Waals surface area contributed by atoms with Crippen LogP contribution in [0.15, 0.2) is 24.3 Å². The van der Waals surface area contributed by atoms with Gasteiger partial charge in [-0.25, -0.2) is 0 Å². The number of hydrogen-bond donors (Lipinski definition) is 3. The van der Waals surface area contributed by atoms with Crippen LogP contribution >= 0.6 is 12.2 Å². The summed E-state index contributed by atoms with van der Waals surface area (Å²) in [6.45, 7) is 4.72. The van der Waals surface area contributed by atoms with E-state index < -0.39 is 24.2 Å². The molecular weight excluding hydrogens is 416 g/mol. The molecule has 1 amide bonds. The number of hydrogen-bond acceptors (Lipinski definition) is 5. The summed E-state index contributed by atoms with van der Waals surface area (Å²) in [4.78, 5) is 14.3. The fourth-order valence-electron chi connectivity index (χ4n) is 2.46. The predicted octanol–water partition coefficient (Wildman–Crippen LogP) is 1.75. The van der Waals surface area contributed by atoms with E-state index in [0.717, 1.165) is 51.4 Å². The third kappa shape index (κ3) is 7.99. The maximum Gasteiger partial charge on any atom is 0.461 e. The Kier molecular flexibility index (Phi) is 8.86. The van der Waals surface area contributed by atoms with Gasteiger partial charge in [0.2, 0.25) is 0 Å². The minimum atomic E-state index is -4.65. The first kappa shape index (κ1) is 23.1. The van der Waals surface area contributed by atoms with Gasteiger partial charge >= 0.3 is 12.5 Å². The van der Waals surface area contributed by atoms with Crippen LogP contribution in [0.2, 0.25) is 0 Å². The van der Waals surface area contributed by atoms with E-state index in [1.807, 2.05) is 0 Å². The lowest BCUT2D eigenvalue weighted by molar-refractivity contribution is -0.253. The van der Waals surface area contributed by atoms with Crippen molar-refractivity contribution in [1.29, 1.82) is 0 Å². The van der Waals surface area contributed by atoms with Crippen molar-refractivity contribution in [1.82, 2.24) is 21.1 Å². The van der Waals surface area contributed by atoms with Gasteiger partial charge in [0, 0.05) is 25.2 Å². The smallest absolute Gasteiger partial charge is 0.428 e. The van der Waals surface area contributed by atoms with Crippen LogP contribution in [0.1, 0.15) is 16.8 Å². The number of halogens is 4. The average molecular weight is 438 g/mol. The lowest BCUT2D eigenvalue weighted by Gasteiger charge is -2.26. The molecule has 1 fully saturated rings. The molecule has 1 aliphatic heterocycles. The van der Waals surface area contributed by atoms with Crippen molar-refractivity contribution in [2.24, 2.45) is 0 Å². The highest BCUT2D eigenvalue weighted by Crippen LogP contribution is 2.27. The van der Waals surface area contributed by atoms with E-state index >= 15 is 0 Å². The standard InChI is InChI=1S/C17H22F4N4O3S/c18-15(19)17(20,21)28-13-4-1-3-12(11-13)14(26)23-24-16(29)22-5-2-6-25-7-9-27-10-8-25/h1,3-4,11,15H,2,5-10H2,(H,23,26)(H2,22,24,29). The van der Waals surface area contributed by atoms with Crippen molar-refractivity contribution < 1.29 is 31.8 Å². The molecule has 29 heavy (non-hydrogen) atoms. The number of benzene rings is 1. The summed E-state index contributed by atoms with van der Waals surface area (Å²) in [5.74, 6) is -1.26. The number of carbonyl (C=O) groups excluding carboxylic acids is 1. The van der Waals surface area contributed by atoms with Crippen molar-refractivity contribution in [3.05, 3.63) is 29.8 Å². The molecule has 162 valence electrons. The summed E-state index contributed by atoms with van der Waals surface area (Å²) in [7, 11) is 0. The molecule has 1 aliphatic rings. The van der Waals surface area contributed by atoms with Crippen LogP contribution < -0.4 is 20.9 Å². The minimum absolute atomic E-state index is 0.0739. The van der Waals surface area contributed by atoms with E-state index in [1.165, 1.54) is 12.1 Å². The molecule has 0 radical (unpaired) electrons. The zero-order valence-corrected chi connectivity index (χ0v) is 16.2. The number of nitrogens with zero attached hydrogens (tertiary/aromatic N) is 1. The molecule has 12 heteroatoms. The topological polar surface area (TPSA) is 74.9 Å². The fraction of sp³-hybridized carbons (Fsp3) is 0.529. The third-order valence-corrected chi connectivity index (χ3v) is 4.18. The normalized spacial score (nSPS) is 15.1. The van der Waals surface area contributed by atoms with Crippen molar-refractivity contribution in [3.63, 3.8) is 0 Å². The second-order valence-electron chi connectivity index (χ2n) is 6.13. The largest absolute Gasteiger partial charge is 0.461 e. The van der Waals surface area contributed by atoms with Crippen LogP contribution in [-0.2, 0) is 4.74 Å². The maximum atomic E-state index is 13.0. The lowest BCUT2D eigenvalue weighted by atomic mass is 10.2. The Morgan fingerprint density at radius 2 is 2.00 bits per heavy atom. The third-order valence-electron chi connectivity index (χ3n) is 3.93. The summed E-state index contributed by atoms with van der Waals surface area (Å²) in [5.41, 5.74) is 4.70. The van der Waals surface area contributed by atoms with Crippen LogP contribution in [0.3, 0.4) is 0 Å². The van der Waals surface area contributed by atoms with Gasteiger partial charge in [0.15, 0.2) is 5.11 Å². The van der Waals surface area contributed by atoms with E-state index in [4.69, 9.17) is 17.0 Å². The summed E-state index contributed by atoms with van der Waals surface area (Å²) >= 11 is 5.04. The van der Waals surface area contributed by atoms with Crippen LogP contribution in [0, 0.1) is 0 Å². The summed E-state index contributed by atoms with van der Waals surface area (Å²) in [6, 6.07) is 4.50. The molecule has 0 aromatic heterocycles. The van der Waals surface area contributed by atoms with E-state index in [2.05, 4.69) is 25.8 Å². The highest BCUT2D eigenvalue weighted by Gasteiger charge is 2.44. The van der Waals surface area contributed by atoms with E-state index in [0.29, 0.717) is 6.54 Å². The van der Waals surface area contributed by atoms with Gasteiger partial charge in [-0.15, -0.1) is 0 Å². The molecule has 0 bridgehead atoms. The average Bonchev–Trinajstić information content (AvgIpc) is 2.70. The van der Waals surface area contributed by atoms with Crippen molar-refractivity contribution in [2.75, 3.05) is 39.4 Å². The van der Waals surface area contributed by atoms with Gasteiger partial charge < -0.3 is 14.8 Å². The van der Waals surface area contributed by atoms with Crippen molar-refractivity contribution in [2.45, 2.75) is 19.0 Å². The van der Waals surface area contributed by atoms with Gasteiger partial charge in [0.25, 0.3) is 5.91 Å². The Labute approximate surface area is 170 Å². The van der Waals surface area contributed by atoms with Crippen LogP contribution in [-0.4, -0.2) is 67.8 Å². The lowest BCUT2D eigenvalue weighted by Crippen LogP contribution is -2.47. The molecule has 1 heterocycles. The second-order valence-corrected chi connectivity index (χ2v) is 6.54. The second kappa shape index (κ2) is 11.1. The maximum absolute atomic E-state index is 13.0. The first-order valence-corrected chi connectivity index (χ1v) is 9.28. The molecule has 2 rings (SSSR count). The Bertz CT molecular complexity index is 690. The van der Waals surface area contributed by atoms with Gasteiger partial charge in [0.05, 0.1) is 13.2 Å². The first-order chi connectivity index (χ1) is 13.8. The highest BCUT2D eigenvalue weighted by atomic mass is 32.1. The van der Waals surface area contributed by atoms with Gasteiger partial charge in [-0.05, 0) is 43.4 Å². The fourth-order valence-corrected chi connectivity index (χ4v) is 2.61. The molecule has 7 nitrogen and oxygen atoms in total. The summed E-state index contributed by atoms with van der Waals surface area (Å²) in [5, 5.41) is 3.10. The van der Waals surface area contributed by atoms with Crippen LogP contribution in [0.4, 0.5) is 17.6 Å². The SMILES string of the molecule is O=C(NNC(=S)NCCCN1CCOCC1)c1cccc(OC(F)(F)C(F)F)c1. The van der Waals surface area contributed by atoms with E-state index in [1.54, 1.807) is 0 Å². The van der Waals surface area contributed by atoms with Gasteiger partial charge in [-0.2, -0.15) is 17.6 Å². The molecule has 1 aromatic rings. The van der Waals surface area contributed by atoms with Gasteiger partial charge in [-0.1, -0.05) is 6.07 Å². The minimum Gasteiger partial charge on any atom is -0.428 e. The zero-order valence-electron chi connectivity index (χ0n) is 15.4.